The molecule has 5 nitrogen and oxygen atoms in total. The van der Waals surface area contributed by atoms with Gasteiger partial charge in [0.1, 0.15) is 5.60 Å². The summed E-state index contributed by atoms with van der Waals surface area (Å²) in [5, 5.41) is 9.37. The second-order valence-electron chi connectivity index (χ2n) is 4.37. The van der Waals surface area contributed by atoms with Crippen molar-refractivity contribution in [2.24, 2.45) is 0 Å². The average molecular weight is 238 g/mol. The number of aliphatic hydroxyl groups excluding tert-OH is 1. The standard InChI is InChI=1S/C12H14O5/c1-12(2,3)17-11(15)9(14)7-8(13)10-5-4-6-16-10/h4-7,14H,1-3H3. The van der Waals surface area contributed by atoms with Gasteiger partial charge < -0.3 is 14.3 Å². The first-order valence-corrected chi connectivity index (χ1v) is 5.01. The van der Waals surface area contributed by atoms with Crippen molar-refractivity contribution in [3.05, 3.63) is 36.0 Å². The lowest BCUT2D eigenvalue weighted by atomic mass is 10.2. The molecule has 17 heavy (non-hydrogen) atoms. The molecule has 92 valence electrons. The zero-order valence-electron chi connectivity index (χ0n) is 9.89. The summed E-state index contributed by atoms with van der Waals surface area (Å²) in [6.07, 6.45) is 2.10. The van der Waals surface area contributed by atoms with Crippen LogP contribution in [0.3, 0.4) is 0 Å². The normalized spacial score (nSPS) is 12.3. The van der Waals surface area contributed by atoms with Gasteiger partial charge in [-0.1, -0.05) is 0 Å². The number of allylic oxidation sites excluding steroid dienone is 1. The summed E-state index contributed by atoms with van der Waals surface area (Å²) < 4.78 is 9.70. The van der Waals surface area contributed by atoms with Gasteiger partial charge in [0.2, 0.25) is 11.5 Å². The Balaban J connectivity index is 2.73. The fraction of sp³-hybridized carbons (Fsp3) is 0.333. The van der Waals surface area contributed by atoms with Crippen molar-refractivity contribution in [3.63, 3.8) is 0 Å². The summed E-state index contributed by atoms with van der Waals surface area (Å²) >= 11 is 0. The quantitative estimate of drug-likeness (QED) is 0.378. The maximum atomic E-state index is 11.4. The van der Waals surface area contributed by atoms with Gasteiger partial charge in [0.25, 0.3) is 0 Å². The Morgan fingerprint density at radius 3 is 2.53 bits per heavy atom. The number of carbonyl (C=O) groups is 2. The molecule has 0 fully saturated rings. The van der Waals surface area contributed by atoms with Crippen LogP contribution in [0.1, 0.15) is 31.3 Å². The predicted molar refractivity (Wildman–Crippen MR) is 59.6 cm³/mol. The second-order valence-corrected chi connectivity index (χ2v) is 4.37. The summed E-state index contributed by atoms with van der Waals surface area (Å²) in [7, 11) is 0. The number of hydrogen-bond donors (Lipinski definition) is 1. The van der Waals surface area contributed by atoms with Crippen LogP contribution in [0.25, 0.3) is 0 Å². The number of ether oxygens (including phenoxy) is 1. The molecule has 0 aliphatic heterocycles. The highest BCUT2D eigenvalue weighted by Crippen LogP contribution is 2.10. The van der Waals surface area contributed by atoms with Gasteiger partial charge in [-0.25, -0.2) is 4.79 Å². The largest absolute Gasteiger partial charge is 0.502 e. The van der Waals surface area contributed by atoms with E-state index >= 15 is 0 Å². The molecule has 5 heteroatoms. The van der Waals surface area contributed by atoms with Gasteiger partial charge in [-0.2, -0.15) is 0 Å². The molecule has 0 aromatic carbocycles. The number of ketones is 1. The minimum Gasteiger partial charge on any atom is -0.502 e. The first-order valence-electron chi connectivity index (χ1n) is 5.01. The van der Waals surface area contributed by atoms with E-state index in [0.29, 0.717) is 0 Å². The molecule has 0 saturated heterocycles. The van der Waals surface area contributed by atoms with E-state index in [0.717, 1.165) is 6.08 Å². The van der Waals surface area contributed by atoms with Crippen molar-refractivity contribution in [3.8, 4) is 0 Å². The molecule has 0 saturated carbocycles. The molecule has 0 aliphatic rings. The van der Waals surface area contributed by atoms with Crippen LogP contribution in [0.15, 0.2) is 34.6 Å². The maximum absolute atomic E-state index is 11.4. The molecule has 0 radical (unpaired) electrons. The first kappa shape index (κ1) is 13.0. The number of hydrogen-bond acceptors (Lipinski definition) is 5. The van der Waals surface area contributed by atoms with Gasteiger partial charge in [0.05, 0.1) is 6.26 Å². The van der Waals surface area contributed by atoms with Crippen molar-refractivity contribution in [1.82, 2.24) is 0 Å². The Bertz CT molecular complexity index is 434. The number of carbonyl (C=O) groups excluding carboxylic acids is 2. The molecule has 1 N–H and O–H groups in total. The summed E-state index contributed by atoms with van der Waals surface area (Å²) in [5.41, 5.74) is -0.730. The topological polar surface area (TPSA) is 76.7 Å². The number of furan rings is 1. The molecule has 0 amide bonds. The van der Waals surface area contributed by atoms with Crippen molar-refractivity contribution in [2.45, 2.75) is 26.4 Å². The maximum Gasteiger partial charge on any atom is 0.374 e. The van der Waals surface area contributed by atoms with Crippen LogP contribution in [-0.2, 0) is 9.53 Å². The third kappa shape index (κ3) is 4.14. The lowest BCUT2D eigenvalue weighted by Gasteiger charge is -2.18. The molecule has 0 atom stereocenters. The Morgan fingerprint density at radius 2 is 2.06 bits per heavy atom. The minimum absolute atomic E-state index is 0.0418. The average Bonchev–Trinajstić information content (AvgIpc) is 2.67. The van der Waals surface area contributed by atoms with E-state index in [9.17, 15) is 14.7 Å². The van der Waals surface area contributed by atoms with Crippen LogP contribution < -0.4 is 0 Å². The van der Waals surface area contributed by atoms with Gasteiger partial charge in [0, 0.05) is 6.08 Å². The smallest absolute Gasteiger partial charge is 0.374 e. The van der Waals surface area contributed by atoms with Crippen molar-refractivity contribution >= 4 is 11.8 Å². The predicted octanol–water partition coefficient (Wildman–Crippen LogP) is 2.25. The first-order chi connectivity index (χ1) is 7.79. The van der Waals surface area contributed by atoms with Crippen LogP contribution >= 0.6 is 0 Å². The molecular weight excluding hydrogens is 224 g/mol. The van der Waals surface area contributed by atoms with E-state index in [1.54, 1.807) is 20.8 Å². The van der Waals surface area contributed by atoms with Crippen LogP contribution in [0.4, 0.5) is 0 Å². The highest BCUT2D eigenvalue weighted by atomic mass is 16.6. The fourth-order valence-corrected chi connectivity index (χ4v) is 1.00. The Kier molecular flexibility index (Phi) is 3.73. The van der Waals surface area contributed by atoms with Gasteiger partial charge in [-0.05, 0) is 32.9 Å². The van der Waals surface area contributed by atoms with Gasteiger partial charge in [0.15, 0.2) is 5.76 Å². The molecule has 1 aromatic heterocycles. The van der Waals surface area contributed by atoms with E-state index in [-0.39, 0.29) is 5.76 Å². The van der Waals surface area contributed by atoms with Crippen LogP contribution in [-0.4, -0.2) is 22.5 Å². The fourth-order valence-electron chi connectivity index (χ4n) is 1.00. The van der Waals surface area contributed by atoms with Crippen LogP contribution in [0.5, 0.6) is 0 Å². The number of esters is 1. The lowest BCUT2D eigenvalue weighted by molar-refractivity contribution is -0.153. The highest BCUT2D eigenvalue weighted by Gasteiger charge is 2.20. The van der Waals surface area contributed by atoms with E-state index in [2.05, 4.69) is 0 Å². The summed E-state index contributed by atoms with van der Waals surface area (Å²) in [6, 6.07) is 2.97. The molecule has 0 aliphatic carbocycles. The molecule has 1 rings (SSSR count). The van der Waals surface area contributed by atoms with Gasteiger partial charge >= 0.3 is 5.97 Å². The Labute approximate surface area is 98.7 Å². The molecular formula is C12H14O5. The zero-order chi connectivity index (χ0) is 13.1. The lowest BCUT2D eigenvalue weighted by Crippen LogP contribution is -2.25. The highest BCUT2D eigenvalue weighted by molar-refractivity contribution is 6.06. The Hall–Kier alpha value is -2.04. The third-order valence-electron chi connectivity index (χ3n) is 1.64. The van der Waals surface area contributed by atoms with E-state index < -0.39 is 23.1 Å². The molecule has 0 unspecified atom stereocenters. The summed E-state index contributed by atoms with van der Waals surface area (Å²) in [4.78, 5) is 22.8. The van der Waals surface area contributed by atoms with E-state index in [4.69, 9.17) is 9.15 Å². The molecule has 1 heterocycles. The van der Waals surface area contributed by atoms with Crippen LogP contribution in [0, 0.1) is 0 Å². The minimum atomic E-state index is -0.947. The van der Waals surface area contributed by atoms with Crippen molar-refractivity contribution < 1.29 is 23.8 Å². The monoisotopic (exact) mass is 238 g/mol. The number of rotatable bonds is 3. The molecule has 1 aromatic rings. The summed E-state index contributed by atoms with van der Waals surface area (Å²) in [6.45, 7) is 4.98. The van der Waals surface area contributed by atoms with Gasteiger partial charge in [-0.3, -0.25) is 4.79 Å². The zero-order valence-corrected chi connectivity index (χ0v) is 9.89. The van der Waals surface area contributed by atoms with Crippen molar-refractivity contribution in [1.29, 1.82) is 0 Å². The molecule has 0 spiro atoms. The Morgan fingerprint density at radius 1 is 1.41 bits per heavy atom. The van der Waals surface area contributed by atoms with Crippen LogP contribution in [0.2, 0.25) is 0 Å². The second kappa shape index (κ2) is 4.86. The van der Waals surface area contributed by atoms with Gasteiger partial charge in [-0.15, -0.1) is 0 Å². The third-order valence-corrected chi connectivity index (χ3v) is 1.64. The SMILES string of the molecule is CC(C)(C)OC(=O)C(O)=CC(=O)c1ccco1. The van der Waals surface area contributed by atoms with E-state index in [1.807, 2.05) is 0 Å². The molecule has 0 bridgehead atoms. The van der Waals surface area contributed by atoms with Crippen molar-refractivity contribution in [2.75, 3.05) is 0 Å². The number of aliphatic hydroxyl groups is 1. The summed E-state index contributed by atoms with van der Waals surface area (Å²) in [5.74, 6) is -2.25. The van der Waals surface area contributed by atoms with E-state index in [1.165, 1.54) is 18.4 Å².